The molecule has 0 radical (unpaired) electrons. The lowest BCUT2D eigenvalue weighted by atomic mass is 9.71. The summed E-state index contributed by atoms with van der Waals surface area (Å²) in [5.74, 6) is 0.653. The topological polar surface area (TPSA) is 81.5 Å². The van der Waals surface area contributed by atoms with Gasteiger partial charge in [-0.05, 0) is 37.5 Å². The molecule has 1 aliphatic heterocycles. The molecular weight excluding hydrogens is 302 g/mol. The van der Waals surface area contributed by atoms with Crippen LogP contribution in [0.25, 0.3) is 0 Å². The number of alkyl halides is 2. The maximum Gasteiger partial charge on any atom is 0.138 e. The predicted molar refractivity (Wildman–Crippen MR) is 79.2 cm³/mol. The maximum absolute atomic E-state index is 14.4. The molecule has 3 rings (SSSR count). The van der Waals surface area contributed by atoms with Gasteiger partial charge in [0.2, 0.25) is 0 Å². The highest BCUT2D eigenvalue weighted by atomic mass is 32.2. The number of hydrogen-bond donors (Lipinski definition) is 0. The van der Waals surface area contributed by atoms with Crippen LogP contribution in [0.5, 0.6) is 0 Å². The lowest BCUT2D eigenvalue weighted by Gasteiger charge is -2.38. The number of fused-ring (bicyclic) bond motifs is 3. The van der Waals surface area contributed by atoms with Crippen LogP contribution >= 0.6 is 11.8 Å². The van der Waals surface area contributed by atoms with E-state index >= 15 is 0 Å². The number of thioether (sulfide) groups is 1. The van der Waals surface area contributed by atoms with Crippen molar-refractivity contribution in [2.75, 3.05) is 14.2 Å². The van der Waals surface area contributed by atoms with E-state index in [4.69, 9.17) is 9.47 Å². The Labute approximate surface area is 128 Å². The van der Waals surface area contributed by atoms with E-state index < -0.39 is 12.3 Å². The molecule has 0 amide bonds. The Morgan fingerprint density at radius 3 is 1.48 bits per heavy atom. The number of halogens is 2. The third-order valence-electron chi connectivity index (χ3n) is 5.22. The Bertz CT molecular complexity index is 306. The van der Waals surface area contributed by atoms with Gasteiger partial charge < -0.3 is 20.4 Å². The van der Waals surface area contributed by atoms with Crippen LogP contribution in [-0.4, -0.2) is 60.2 Å². The SMILES string of the molecule is COC1CCC2C3CCC(OC)C(F)C3SC2C1F.O.O. The van der Waals surface area contributed by atoms with Crippen molar-refractivity contribution in [1.29, 1.82) is 0 Å². The van der Waals surface area contributed by atoms with Gasteiger partial charge in [0.15, 0.2) is 0 Å². The van der Waals surface area contributed by atoms with E-state index in [1.807, 2.05) is 0 Å². The standard InChI is InChI=1S/C14H22F2O2S.2H2O/c1-17-9-5-3-7-8-4-6-10(18-2)12(16)14(8)19-13(7)11(9)15;;/h7-14H,3-6H2,1-2H3;2*1H2. The van der Waals surface area contributed by atoms with Gasteiger partial charge in [-0.1, -0.05) is 0 Å². The van der Waals surface area contributed by atoms with Crippen LogP contribution in [-0.2, 0) is 9.47 Å². The van der Waals surface area contributed by atoms with E-state index in [1.165, 1.54) is 11.8 Å². The summed E-state index contributed by atoms with van der Waals surface area (Å²) in [5.41, 5.74) is 0. The van der Waals surface area contributed by atoms with Crippen LogP contribution < -0.4 is 0 Å². The van der Waals surface area contributed by atoms with Crippen molar-refractivity contribution in [1.82, 2.24) is 0 Å². The van der Waals surface area contributed by atoms with Gasteiger partial charge >= 0.3 is 0 Å². The molecule has 0 aromatic rings. The second kappa shape index (κ2) is 7.55. The van der Waals surface area contributed by atoms with Crippen LogP contribution in [0.1, 0.15) is 25.7 Å². The molecule has 7 heteroatoms. The zero-order chi connectivity index (χ0) is 13.6. The Balaban J connectivity index is 0.00000110. The minimum absolute atomic E-state index is 0. The molecule has 126 valence electrons. The molecule has 1 heterocycles. The highest BCUT2D eigenvalue weighted by molar-refractivity contribution is 8.00. The third-order valence-corrected chi connectivity index (χ3v) is 7.07. The summed E-state index contributed by atoms with van der Waals surface area (Å²) in [6.07, 6.45) is 0.987. The summed E-state index contributed by atoms with van der Waals surface area (Å²) in [6, 6.07) is 0. The van der Waals surface area contributed by atoms with Crippen LogP contribution in [0.4, 0.5) is 8.78 Å². The fraction of sp³-hybridized carbons (Fsp3) is 1.00. The Kier molecular flexibility index (Phi) is 6.86. The molecule has 0 aromatic heterocycles. The van der Waals surface area contributed by atoms with Gasteiger partial charge in [0, 0.05) is 24.7 Å². The molecule has 4 nitrogen and oxygen atoms in total. The molecule has 0 aromatic carbocycles. The van der Waals surface area contributed by atoms with Gasteiger partial charge in [0.25, 0.3) is 0 Å². The van der Waals surface area contributed by atoms with Gasteiger partial charge in [-0.15, -0.1) is 11.8 Å². The second-order valence-electron chi connectivity index (χ2n) is 5.98. The van der Waals surface area contributed by atoms with Crippen LogP contribution in [0.15, 0.2) is 0 Å². The lowest BCUT2D eigenvalue weighted by molar-refractivity contribution is -0.0315. The first kappa shape index (κ1) is 19.1. The summed E-state index contributed by atoms with van der Waals surface area (Å²) < 4.78 is 39.4. The summed E-state index contributed by atoms with van der Waals surface area (Å²) in [5, 5.41) is -0.162. The van der Waals surface area contributed by atoms with Gasteiger partial charge in [0.1, 0.15) is 12.3 Å². The zero-order valence-electron chi connectivity index (χ0n) is 12.4. The molecule has 4 N–H and O–H groups in total. The Hall–Kier alpha value is 0.0500. The minimum atomic E-state index is -0.951. The predicted octanol–water partition coefficient (Wildman–Crippen LogP) is 1.35. The number of methoxy groups -OCH3 is 2. The van der Waals surface area contributed by atoms with E-state index in [9.17, 15) is 8.78 Å². The molecule has 8 atom stereocenters. The fourth-order valence-electron chi connectivity index (χ4n) is 4.20. The quantitative estimate of drug-likeness (QED) is 0.767. The van der Waals surface area contributed by atoms with Crippen molar-refractivity contribution in [3.05, 3.63) is 0 Å². The minimum Gasteiger partial charge on any atom is -0.412 e. The van der Waals surface area contributed by atoms with Crippen LogP contribution in [0.3, 0.4) is 0 Å². The molecule has 8 unspecified atom stereocenters. The molecular formula is C14H26F2O4S. The first-order chi connectivity index (χ1) is 9.17. The molecule has 2 saturated carbocycles. The molecule has 21 heavy (non-hydrogen) atoms. The van der Waals surface area contributed by atoms with Crippen LogP contribution in [0, 0.1) is 11.8 Å². The normalized spacial score (nSPS) is 48.6. The highest BCUT2D eigenvalue weighted by Crippen LogP contribution is 2.56. The van der Waals surface area contributed by atoms with Crippen molar-refractivity contribution in [3.8, 4) is 0 Å². The molecule has 2 aliphatic carbocycles. The average Bonchev–Trinajstić information content (AvgIpc) is 2.80. The van der Waals surface area contributed by atoms with Gasteiger partial charge in [0.05, 0.1) is 12.2 Å². The summed E-state index contributed by atoms with van der Waals surface area (Å²) in [7, 11) is 3.15. The molecule has 0 bridgehead atoms. The number of hydrogen-bond acceptors (Lipinski definition) is 3. The summed E-state index contributed by atoms with van der Waals surface area (Å²) in [4.78, 5) is 0. The average molecular weight is 328 g/mol. The Morgan fingerprint density at radius 1 is 0.762 bits per heavy atom. The van der Waals surface area contributed by atoms with Crippen LogP contribution in [0.2, 0.25) is 0 Å². The molecule has 0 spiro atoms. The third kappa shape index (κ3) is 3.08. The van der Waals surface area contributed by atoms with Crippen molar-refractivity contribution >= 4 is 11.8 Å². The molecule has 1 saturated heterocycles. The number of ether oxygens (including phenoxy) is 2. The second-order valence-corrected chi connectivity index (χ2v) is 7.35. The maximum atomic E-state index is 14.4. The van der Waals surface area contributed by atoms with Crippen molar-refractivity contribution in [3.63, 3.8) is 0 Å². The van der Waals surface area contributed by atoms with E-state index in [2.05, 4.69) is 0 Å². The highest BCUT2D eigenvalue weighted by Gasteiger charge is 2.56. The van der Waals surface area contributed by atoms with Crippen molar-refractivity contribution in [2.24, 2.45) is 11.8 Å². The first-order valence-electron chi connectivity index (χ1n) is 7.16. The summed E-state index contributed by atoms with van der Waals surface area (Å²) >= 11 is 1.52. The Morgan fingerprint density at radius 2 is 1.14 bits per heavy atom. The van der Waals surface area contributed by atoms with Gasteiger partial charge in [-0.3, -0.25) is 0 Å². The molecule has 3 aliphatic rings. The molecule has 3 fully saturated rings. The smallest absolute Gasteiger partial charge is 0.138 e. The zero-order valence-corrected chi connectivity index (χ0v) is 13.2. The van der Waals surface area contributed by atoms with E-state index in [-0.39, 0.29) is 33.7 Å². The largest absolute Gasteiger partial charge is 0.412 e. The summed E-state index contributed by atoms with van der Waals surface area (Å²) in [6.45, 7) is 0. The fourth-order valence-corrected chi connectivity index (χ4v) is 6.29. The van der Waals surface area contributed by atoms with Gasteiger partial charge in [-0.2, -0.15) is 0 Å². The van der Waals surface area contributed by atoms with E-state index in [0.717, 1.165) is 25.7 Å². The monoisotopic (exact) mass is 328 g/mol. The van der Waals surface area contributed by atoms with Crippen molar-refractivity contribution < 1.29 is 29.2 Å². The number of rotatable bonds is 2. The lowest BCUT2D eigenvalue weighted by Crippen LogP contribution is -2.44. The van der Waals surface area contributed by atoms with Gasteiger partial charge in [-0.25, -0.2) is 8.78 Å². The van der Waals surface area contributed by atoms with Crippen molar-refractivity contribution in [2.45, 2.75) is 60.7 Å². The van der Waals surface area contributed by atoms with E-state index in [1.54, 1.807) is 14.2 Å². The first-order valence-corrected chi connectivity index (χ1v) is 8.10. The van der Waals surface area contributed by atoms with E-state index in [0.29, 0.717) is 11.8 Å².